The molecule has 1 heterocycles. The van der Waals surface area contributed by atoms with E-state index in [0.717, 1.165) is 28.6 Å². The van der Waals surface area contributed by atoms with Crippen molar-refractivity contribution in [2.75, 3.05) is 20.2 Å². The van der Waals surface area contributed by atoms with Gasteiger partial charge in [0.25, 0.3) is 0 Å². The van der Waals surface area contributed by atoms with Gasteiger partial charge in [0, 0.05) is 18.0 Å². The van der Waals surface area contributed by atoms with Gasteiger partial charge in [-0.15, -0.1) is 35.3 Å². The second-order valence-electron chi connectivity index (χ2n) is 5.92. The molecular formula is C19H28IN5O2S. The lowest BCUT2D eigenvalue weighted by molar-refractivity contribution is -0.119. The predicted molar refractivity (Wildman–Crippen MR) is 125 cm³/mol. The minimum atomic E-state index is -0.135. The number of halogens is 1. The first-order valence-corrected chi connectivity index (χ1v) is 9.68. The number of methoxy groups -OCH3 is 1. The van der Waals surface area contributed by atoms with Crippen molar-refractivity contribution in [2.24, 2.45) is 4.99 Å². The predicted octanol–water partition coefficient (Wildman–Crippen LogP) is 2.76. The van der Waals surface area contributed by atoms with Gasteiger partial charge in [-0.2, -0.15) is 0 Å². The fraction of sp³-hybridized carbons (Fsp3) is 0.421. The highest BCUT2D eigenvalue weighted by Gasteiger charge is 2.06. The fourth-order valence-corrected chi connectivity index (χ4v) is 3.14. The van der Waals surface area contributed by atoms with E-state index in [0.29, 0.717) is 19.0 Å². The smallest absolute Gasteiger partial charge is 0.242 e. The van der Waals surface area contributed by atoms with Crippen LogP contribution in [0.1, 0.15) is 28.1 Å². The number of amides is 1. The van der Waals surface area contributed by atoms with E-state index >= 15 is 0 Å². The van der Waals surface area contributed by atoms with Gasteiger partial charge < -0.3 is 20.7 Å². The first-order chi connectivity index (χ1) is 13.0. The van der Waals surface area contributed by atoms with Crippen molar-refractivity contribution in [1.29, 1.82) is 0 Å². The van der Waals surface area contributed by atoms with E-state index in [1.54, 1.807) is 18.4 Å². The molecule has 0 radical (unpaired) electrons. The number of aliphatic imine (C=N–C) groups is 1. The summed E-state index contributed by atoms with van der Waals surface area (Å²) in [5.74, 6) is 1.26. The summed E-state index contributed by atoms with van der Waals surface area (Å²) in [6.45, 7) is 7.86. The van der Waals surface area contributed by atoms with E-state index in [4.69, 9.17) is 4.74 Å². The number of benzene rings is 1. The number of nitrogens with one attached hydrogen (secondary N) is 3. The Kier molecular flexibility index (Phi) is 10.8. The van der Waals surface area contributed by atoms with Crippen molar-refractivity contribution in [3.05, 3.63) is 45.4 Å². The topological polar surface area (TPSA) is 87.6 Å². The Hall–Kier alpha value is -1.88. The Labute approximate surface area is 187 Å². The molecule has 3 N–H and O–H groups in total. The number of hydrogen-bond acceptors (Lipinski definition) is 5. The molecule has 1 aromatic carbocycles. The molecule has 0 atom stereocenters. The number of guanidine groups is 1. The number of nitrogens with zero attached hydrogens (tertiary/aromatic N) is 2. The zero-order valence-corrected chi connectivity index (χ0v) is 19.8. The lowest BCUT2D eigenvalue weighted by Crippen LogP contribution is -2.38. The summed E-state index contributed by atoms with van der Waals surface area (Å²) in [6.07, 6.45) is 0. The average Bonchev–Trinajstić information content (AvgIpc) is 3.00. The molecular weight excluding hydrogens is 489 g/mol. The van der Waals surface area contributed by atoms with Crippen LogP contribution >= 0.6 is 35.3 Å². The maximum Gasteiger partial charge on any atom is 0.242 e. The molecule has 1 aromatic heterocycles. The summed E-state index contributed by atoms with van der Waals surface area (Å²) in [4.78, 5) is 22.1. The van der Waals surface area contributed by atoms with Crippen molar-refractivity contribution in [3.8, 4) is 5.75 Å². The van der Waals surface area contributed by atoms with Gasteiger partial charge in [0.15, 0.2) is 5.96 Å². The third kappa shape index (κ3) is 8.01. The number of ether oxygens (including phenoxy) is 1. The molecule has 9 heteroatoms. The highest BCUT2D eigenvalue weighted by atomic mass is 127. The molecule has 0 fully saturated rings. The van der Waals surface area contributed by atoms with Crippen LogP contribution in [0.4, 0.5) is 0 Å². The Balaban J connectivity index is 0.00000392. The van der Waals surface area contributed by atoms with Crippen molar-refractivity contribution < 1.29 is 9.53 Å². The minimum Gasteiger partial charge on any atom is -0.497 e. The van der Waals surface area contributed by atoms with Gasteiger partial charge in [-0.05, 0) is 38.5 Å². The molecule has 2 rings (SSSR count). The standard InChI is InChI=1S/C19H27N5O2S.HI/c1-5-20-19(23-12-18-24-13(2)14(3)27-18)22-11-17(25)21-10-15-6-8-16(26-4)9-7-15;/h6-9H,5,10-12H2,1-4H3,(H,21,25)(H2,20,22,23);1H. The SMILES string of the molecule is CCNC(=NCC(=O)NCc1ccc(OC)cc1)NCc1nc(C)c(C)s1.I. The third-order valence-electron chi connectivity index (χ3n) is 3.85. The van der Waals surface area contributed by atoms with Crippen molar-refractivity contribution in [3.63, 3.8) is 0 Å². The molecule has 1 amide bonds. The maximum absolute atomic E-state index is 12.1. The molecule has 28 heavy (non-hydrogen) atoms. The maximum atomic E-state index is 12.1. The molecule has 0 bridgehead atoms. The van der Waals surface area contributed by atoms with Crippen LogP contribution < -0.4 is 20.7 Å². The first-order valence-electron chi connectivity index (χ1n) is 8.86. The van der Waals surface area contributed by atoms with Crippen LogP contribution in [-0.2, 0) is 17.9 Å². The normalized spacial score (nSPS) is 10.8. The summed E-state index contributed by atoms with van der Waals surface area (Å²) < 4.78 is 5.12. The average molecular weight is 517 g/mol. The monoisotopic (exact) mass is 517 g/mol. The van der Waals surface area contributed by atoms with Crippen LogP contribution in [0.25, 0.3) is 0 Å². The fourth-order valence-electron chi connectivity index (χ4n) is 2.27. The Bertz CT molecular complexity index is 758. The lowest BCUT2D eigenvalue weighted by atomic mass is 10.2. The zero-order chi connectivity index (χ0) is 19.6. The van der Waals surface area contributed by atoms with E-state index < -0.39 is 0 Å². The lowest BCUT2D eigenvalue weighted by Gasteiger charge is -2.10. The minimum absolute atomic E-state index is 0. The molecule has 2 aromatic rings. The van der Waals surface area contributed by atoms with Crippen LogP contribution in [0.5, 0.6) is 5.75 Å². The second-order valence-corrected chi connectivity index (χ2v) is 7.21. The van der Waals surface area contributed by atoms with Crippen molar-refractivity contribution in [2.45, 2.75) is 33.9 Å². The molecule has 7 nitrogen and oxygen atoms in total. The number of carbonyl (C=O) groups is 1. The summed E-state index contributed by atoms with van der Waals surface area (Å²) in [6, 6.07) is 7.59. The van der Waals surface area contributed by atoms with Crippen LogP contribution in [0.2, 0.25) is 0 Å². The first kappa shape index (κ1) is 24.2. The molecule has 0 saturated heterocycles. The summed E-state index contributed by atoms with van der Waals surface area (Å²) in [7, 11) is 1.63. The number of rotatable bonds is 8. The van der Waals surface area contributed by atoms with Gasteiger partial charge >= 0.3 is 0 Å². The molecule has 154 valence electrons. The summed E-state index contributed by atoms with van der Waals surface area (Å²) in [5.41, 5.74) is 2.06. The van der Waals surface area contributed by atoms with E-state index in [9.17, 15) is 4.79 Å². The Morgan fingerprint density at radius 3 is 2.43 bits per heavy atom. The van der Waals surface area contributed by atoms with Crippen LogP contribution in [0.3, 0.4) is 0 Å². The van der Waals surface area contributed by atoms with Gasteiger partial charge in [-0.1, -0.05) is 12.1 Å². The Morgan fingerprint density at radius 1 is 1.14 bits per heavy atom. The second kappa shape index (κ2) is 12.6. The largest absolute Gasteiger partial charge is 0.497 e. The van der Waals surface area contributed by atoms with Gasteiger partial charge in [-0.3, -0.25) is 4.79 Å². The van der Waals surface area contributed by atoms with E-state index in [1.165, 1.54) is 4.88 Å². The zero-order valence-electron chi connectivity index (χ0n) is 16.7. The van der Waals surface area contributed by atoms with Gasteiger partial charge in [0.1, 0.15) is 17.3 Å². The third-order valence-corrected chi connectivity index (χ3v) is 4.93. The molecule has 0 saturated carbocycles. The Morgan fingerprint density at radius 2 is 1.86 bits per heavy atom. The van der Waals surface area contributed by atoms with Crippen molar-refractivity contribution in [1.82, 2.24) is 20.9 Å². The highest BCUT2D eigenvalue weighted by molar-refractivity contribution is 14.0. The summed E-state index contributed by atoms with van der Waals surface area (Å²) >= 11 is 1.66. The number of aromatic nitrogens is 1. The molecule has 0 unspecified atom stereocenters. The number of hydrogen-bond donors (Lipinski definition) is 3. The van der Waals surface area contributed by atoms with Crippen LogP contribution in [-0.4, -0.2) is 37.1 Å². The molecule has 0 aliphatic rings. The van der Waals surface area contributed by atoms with E-state index in [-0.39, 0.29) is 36.4 Å². The van der Waals surface area contributed by atoms with Gasteiger partial charge in [-0.25, -0.2) is 9.98 Å². The highest BCUT2D eigenvalue weighted by Crippen LogP contribution is 2.15. The number of carbonyl (C=O) groups excluding carboxylic acids is 1. The van der Waals surface area contributed by atoms with Crippen LogP contribution in [0.15, 0.2) is 29.3 Å². The number of aryl methyl sites for hydroxylation is 2. The molecule has 0 spiro atoms. The van der Waals surface area contributed by atoms with E-state index in [1.807, 2.05) is 38.1 Å². The van der Waals surface area contributed by atoms with E-state index in [2.05, 4.69) is 32.9 Å². The molecule has 0 aliphatic heterocycles. The van der Waals surface area contributed by atoms with Gasteiger partial charge in [0.05, 0.1) is 19.3 Å². The molecule has 0 aliphatic carbocycles. The quantitative estimate of drug-likeness (QED) is 0.285. The van der Waals surface area contributed by atoms with Gasteiger partial charge in [0.2, 0.25) is 5.91 Å². The number of thiazole rings is 1. The van der Waals surface area contributed by atoms with Crippen molar-refractivity contribution >= 4 is 47.2 Å². The van der Waals surface area contributed by atoms with Crippen LogP contribution in [0, 0.1) is 13.8 Å². The summed E-state index contributed by atoms with van der Waals surface area (Å²) in [5, 5.41) is 10.2.